The summed E-state index contributed by atoms with van der Waals surface area (Å²) in [7, 11) is 0. The molecule has 0 unspecified atom stereocenters. The number of benzene rings is 2. The normalized spacial score (nSPS) is 15.6. The third-order valence-electron chi connectivity index (χ3n) is 4.76. The fourth-order valence-electron chi connectivity index (χ4n) is 3.41. The van der Waals surface area contributed by atoms with Crippen LogP contribution in [0.15, 0.2) is 57.9 Å². The molecule has 1 fully saturated rings. The number of nitrogens with zero attached hydrogens (tertiary/aromatic N) is 3. The molecule has 1 N–H and O–H groups in total. The lowest BCUT2D eigenvalue weighted by Crippen LogP contribution is -2.46. The molecule has 1 aliphatic rings. The molecular formula is C19H19BrN4O. The predicted octanol–water partition coefficient (Wildman–Crippen LogP) is 3.01. The van der Waals surface area contributed by atoms with E-state index >= 15 is 0 Å². The number of anilines is 1. The van der Waals surface area contributed by atoms with Gasteiger partial charge in [-0.15, -0.1) is 0 Å². The molecule has 2 aromatic carbocycles. The van der Waals surface area contributed by atoms with E-state index in [0.717, 1.165) is 38.4 Å². The maximum atomic E-state index is 11.7. The first-order valence-electron chi connectivity index (χ1n) is 8.39. The van der Waals surface area contributed by atoms with Crippen LogP contribution in [0.25, 0.3) is 10.8 Å². The predicted molar refractivity (Wildman–Crippen MR) is 104 cm³/mol. The van der Waals surface area contributed by atoms with E-state index in [1.54, 1.807) is 6.20 Å². The number of aromatic amines is 1. The van der Waals surface area contributed by atoms with E-state index in [1.807, 2.05) is 0 Å². The highest BCUT2D eigenvalue weighted by molar-refractivity contribution is 9.10. The number of nitrogens with one attached hydrogen (secondary N) is 1. The minimum atomic E-state index is -0.185. The van der Waals surface area contributed by atoms with Crippen molar-refractivity contribution in [1.82, 2.24) is 15.1 Å². The number of hydrogen-bond donors (Lipinski definition) is 1. The summed E-state index contributed by atoms with van der Waals surface area (Å²) < 4.78 is 0.560. The largest absolute Gasteiger partial charge is 0.367 e. The van der Waals surface area contributed by atoms with Gasteiger partial charge < -0.3 is 4.90 Å². The van der Waals surface area contributed by atoms with Crippen LogP contribution in [0, 0.1) is 0 Å². The Balaban J connectivity index is 1.47. The van der Waals surface area contributed by atoms with Gasteiger partial charge in [0.25, 0.3) is 5.56 Å². The molecule has 0 amide bonds. The second-order valence-electron chi connectivity index (χ2n) is 6.30. The summed E-state index contributed by atoms with van der Waals surface area (Å²) in [4.78, 5) is 16.4. The van der Waals surface area contributed by atoms with Crippen LogP contribution in [0.5, 0.6) is 0 Å². The van der Waals surface area contributed by atoms with Crippen LogP contribution in [0.3, 0.4) is 0 Å². The first-order valence-corrected chi connectivity index (χ1v) is 9.19. The smallest absolute Gasteiger partial charge is 0.280 e. The van der Waals surface area contributed by atoms with Gasteiger partial charge in [0.1, 0.15) is 4.47 Å². The monoisotopic (exact) mass is 398 g/mol. The second-order valence-corrected chi connectivity index (χ2v) is 7.09. The Morgan fingerprint density at radius 3 is 2.64 bits per heavy atom. The Labute approximate surface area is 154 Å². The molecule has 1 saturated heterocycles. The number of aromatic nitrogens is 2. The summed E-state index contributed by atoms with van der Waals surface area (Å²) in [6.07, 6.45) is 1.71. The molecule has 1 aliphatic heterocycles. The molecule has 1 aromatic heterocycles. The van der Waals surface area contributed by atoms with Crippen LogP contribution in [0.2, 0.25) is 0 Å². The maximum absolute atomic E-state index is 11.7. The van der Waals surface area contributed by atoms with Crippen molar-refractivity contribution in [1.29, 1.82) is 0 Å². The van der Waals surface area contributed by atoms with Crippen LogP contribution in [0.1, 0.15) is 5.56 Å². The topological polar surface area (TPSA) is 52.2 Å². The molecule has 0 bridgehead atoms. The van der Waals surface area contributed by atoms with E-state index in [-0.39, 0.29) is 5.56 Å². The second kappa shape index (κ2) is 6.98. The molecule has 3 aromatic rings. The van der Waals surface area contributed by atoms with Gasteiger partial charge in [-0.1, -0.05) is 42.5 Å². The highest BCUT2D eigenvalue weighted by atomic mass is 79.9. The van der Waals surface area contributed by atoms with Gasteiger partial charge in [0.2, 0.25) is 0 Å². The minimum absolute atomic E-state index is 0.185. The van der Waals surface area contributed by atoms with Crippen molar-refractivity contribution in [2.75, 3.05) is 31.1 Å². The molecule has 0 spiro atoms. The van der Waals surface area contributed by atoms with E-state index < -0.39 is 0 Å². The van der Waals surface area contributed by atoms with Crippen LogP contribution in [-0.4, -0.2) is 41.3 Å². The molecule has 0 atom stereocenters. The van der Waals surface area contributed by atoms with E-state index in [2.05, 4.69) is 78.4 Å². The lowest BCUT2D eigenvalue weighted by atomic mass is 10.0. The average molecular weight is 399 g/mol. The number of hydrogen-bond acceptors (Lipinski definition) is 4. The molecule has 4 rings (SSSR count). The van der Waals surface area contributed by atoms with Crippen LogP contribution in [-0.2, 0) is 6.54 Å². The van der Waals surface area contributed by atoms with E-state index in [1.165, 1.54) is 16.3 Å². The summed E-state index contributed by atoms with van der Waals surface area (Å²) >= 11 is 3.37. The molecule has 0 radical (unpaired) electrons. The molecule has 6 heteroatoms. The average Bonchev–Trinajstić information content (AvgIpc) is 2.65. The first kappa shape index (κ1) is 16.3. The number of piperazine rings is 1. The van der Waals surface area contributed by atoms with Gasteiger partial charge in [-0.25, -0.2) is 5.10 Å². The molecule has 128 valence electrons. The van der Waals surface area contributed by atoms with Crippen LogP contribution in [0.4, 0.5) is 5.69 Å². The van der Waals surface area contributed by atoms with E-state index in [9.17, 15) is 4.79 Å². The van der Waals surface area contributed by atoms with Gasteiger partial charge in [0, 0.05) is 32.7 Å². The van der Waals surface area contributed by atoms with Crippen LogP contribution < -0.4 is 10.5 Å². The summed E-state index contributed by atoms with van der Waals surface area (Å²) in [5.41, 5.74) is 2.05. The molecule has 2 heterocycles. The zero-order valence-corrected chi connectivity index (χ0v) is 15.4. The Hall–Kier alpha value is -2.18. The van der Waals surface area contributed by atoms with Crippen molar-refractivity contribution >= 4 is 32.4 Å². The van der Waals surface area contributed by atoms with Crippen molar-refractivity contribution in [2.45, 2.75) is 6.54 Å². The SMILES string of the molecule is O=c1[nH]ncc(N2CCN(Cc3cccc4ccccc34)CC2)c1Br. The van der Waals surface area contributed by atoms with Crippen molar-refractivity contribution in [3.05, 3.63) is 69.1 Å². The zero-order valence-electron chi connectivity index (χ0n) is 13.8. The van der Waals surface area contributed by atoms with Gasteiger partial charge in [-0.3, -0.25) is 9.69 Å². The van der Waals surface area contributed by atoms with E-state index in [4.69, 9.17) is 0 Å². The molecule has 0 saturated carbocycles. The van der Waals surface area contributed by atoms with E-state index in [0.29, 0.717) is 4.47 Å². The molecule has 5 nitrogen and oxygen atoms in total. The van der Waals surface area contributed by atoms with Gasteiger partial charge in [-0.05, 0) is 32.3 Å². The highest BCUT2D eigenvalue weighted by Gasteiger charge is 2.20. The lowest BCUT2D eigenvalue weighted by molar-refractivity contribution is 0.250. The van der Waals surface area contributed by atoms with Crippen molar-refractivity contribution < 1.29 is 0 Å². The summed E-state index contributed by atoms with van der Waals surface area (Å²) in [6.45, 7) is 4.64. The Kier molecular flexibility index (Phi) is 4.55. The number of H-pyrrole nitrogens is 1. The quantitative estimate of drug-likeness (QED) is 0.736. The Morgan fingerprint density at radius 2 is 1.80 bits per heavy atom. The highest BCUT2D eigenvalue weighted by Crippen LogP contribution is 2.24. The fraction of sp³-hybridized carbons (Fsp3) is 0.263. The Bertz CT molecular complexity index is 942. The summed E-state index contributed by atoms with van der Waals surface area (Å²) in [5, 5.41) is 8.98. The lowest BCUT2D eigenvalue weighted by Gasteiger charge is -2.36. The molecule has 0 aliphatic carbocycles. The fourth-order valence-corrected chi connectivity index (χ4v) is 3.85. The molecule has 25 heavy (non-hydrogen) atoms. The van der Waals surface area contributed by atoms with Gasteiger partial charge >= 0.3 is 0 Å². The molecular weight excluding hydrogens is 380 g/mol. The zero-order chi connectivity index (χ0) is 17.2. The standard InChI is InChI=1S/C19H19BrN4O/c20-18-17(12-21-22-19(18)25)24-10-8-23(9-11-24)13-15-6-3-5-14-4-1-2-7-16(14)15/h1-7,12H,8-11,13H2,(H,22,25). The minimum Gasteiger partial charge on any atom is -0.367 e. The van der Waals surface area contributed by atoms with Crippen molar-refractivity contribution in [3.63, 3.8) is 0 Å². The van der Waals surface area contributed by atoms with Gasteiger partial charge in [-0.2, -0.15) is 5.10 Å². The number of halogens is 1. The number of fused-ring (bicyclic) bond motifs is 1. The summed E-state index contributed by atoms with van der Waals surface area (Å²) in [5.74, 6) is 0. The van der Waals surface area contributed by atoms with Crippen molar-refractivity contribution in [2.24, 2.45) is 0 Å². The number of rotatable bonds is 3. The van der Waals surface area contributed by atoms with Gasteiger partial charge in [0.15, 0.2) is 0 Å². The maximum Gasteiger partial charge on any atom is 0.280 e. The Morgan fingerprint density at radius 1 is 1.04 bits per heavy atom. The van der Waals surface area contributed by atoms with Crippen molar-refractivity contribution in [3.8, 4) is 0 Å². The van der Waals surface area contributed by atoms with Gasteiger partial charge in [0.05, 0.1) is 11.9 Å². The summed E-state index contributed by atoms with van der Waals surface area (Å²) in [6, 6.07) is 15.0. The third-order valence-corrected chi connectivity index (χ3v) is 5.53. The first-order chi connectivity index (χ1) is 12.2. The van der Waals surface area contributed by atoms with Crippen LogP contribution >= 0.6 is 15.9 Å². The third kappa shape index (κ3) is 3.32.